The van der Waals surface area contributed by atoms with Gasteiger partial charge in [-0.15, -0.1) is 0 Å². The Labute approximate surface area is 119 Å². The van der Waals surface area contributed by atoms with Crippen molar-refractivity contribution in [2.45, 2.75) is 38.7 Å². The monoisotopic (exact) mass is 279 g/mol. The summed E-state index contributed by atoms with van der Waals surface area (Å²) in [5.74, 6) is 0.786. The summed E-state index contributed by atoms with van der Waals surface area (Å²) in [5.41, 5.74) is 9.06. The Morgan fingerprint density at radius 3 is 2.84 bits per heavy atom. The average molecular weight is 279 g/mol. The number of nitrogens with zero attached hydrogens (tertiary/aromatic N) is 2. The lowest BCUT2D eigenvalue weighted by molar-refractivity contribution is 0.201. The van der Waals surface area contributed by atoms with Gasteiger partial charge in [0, 0.05) is 19.3 Å². The molecule has 1 aromatic rings. The maximum Gasteiger partial charge on any atom is 0.138 e. The molecular formula is C14H21N3OS. The van der Waals surface area contributed by atoms with Crippen LogP contribution < -0.4 is 10.6 Å². The molecule has 1 aromatic heterocycles. The van der Waals surface area contributed by atoms with Crippen LogP contribution in [0.15, 0.2) is 6.07 Å². The van der Waals surface area contributed by atoms with E-state index >= 15 is 0 Å². The molecule has 1 aliphatic rings. The second kappa shape index (κ2) is 5.84. The van der Waals surface area contributed by atoms with E-state index in [1.165, 1.54) is 18.4 Å². The number of aromatic nitrogens is 1. The molecule has 3 N–H and O–H groups in total. The van der Waals surface area contributed by atoms with Crippen LogP contribution in [0, 0.1) is 0 Å². The minimum absolute atomic E-state index is 0.369. The van der Waals surface area contributed by atoms with Gasteiger partial charge in [-0.2, -0.15) is 0 Å². The van der Waals surface area contributed by atoms with E-state index in [4.69, 9.17) is 22.9 Å². The molecule has 0 saturated carbocycles. The van der Waals surface area contributed by atoms with Gasteiger partial charge >= 0.3 is 0 Å². The van der Waals surface area contributed by atoms with E-state index in [2.05, 4.69) is 6.07 Å². The predicted molar refractivity (Wildman–Crippen MR) is 81.7 cm³/mol. The van der Waals surface area contributed by atoms with Crippen molar-refractivity contribution in [3.05, 3.63) is 22.9 Å². The van der Waals surface area contributed by atoms with Crippen LogP contribution in [-0.4, -0.2) is 34.8 Å². The summed E-state index contributed by atoms with van der Waals surface area (Å²) in [7, 11) is 1.91. The molecule has 0 aromatic carbocycles. The van der Waals surface area contributed by atoms with Crippen molar-refractivity contribution >= 4 is 23.0 Å². The van der Waals surface area contributed by atoms with E-state index in [-0.39, 0.29) is 0 Å². The van der Waals surface area contributed by atoms with Crippen LogP contribution in [0.1, 0.15) is 36.6 Å². The fourth-order valence-corrected chi connectivity index (χ4v) is 2.73. The first-order chi connectivity index (χ1) is 8.99. The smallest absolute Gasteiger partial charge is 0.138 e. The van der Waals surface area contributed by atoms with E-state index in [9.17, 15) is 5.11 Å². The molecule has 1 aliphatic carbocycles. The quantitative estimate of drug-likeness (QED) is 0.816. The second-order valence-electron chi connectivity index (χ2n) is 5.27. The third-order valence-electron chi connectivity index (χ3n) is 3.45. The average Bonchev–Trinajstić information content (AvgIpc) is 2.36. The highest BCUT2D eigenvalue weighted by Crippen LogP contribution is 2.26. The third kappa shape index (κ3) is 3.22. The summed E-state index contributed by atoms with van der Waals surface area (Å²) in [5, 5.41) is 9.52. The van der Waals surface area contributed by atoms with Crippen molar-refractivity contribution in [2.24, 2.45) is 5.73 Å². The van der Waals surface area contributed by atoms with E-state index in [1.54, 1.807) is 6.92 Å². The summed E-state index contributed by atoms with van der Waals surface area (Å²) in [6, 6.07) is 2.08. The Bertz CT molecular complexity index is 488. The van der Waals surface area contributed by atoms with Crippen molar-refractivity contribution < 1.29 is 5.11 Å². The Hall–Kier alpha value is -1.20. The van der Waals surface area contributed by atoms with Crippen molar-refractivity contribution in [1.29, 1.82) is 0 Å². The zero-order valence-electron chi connectivity index (χ0n) is 11.5. The number of anilines is 1. The van der Waals surface area contributed by atoms with E-state index < -0.39 is 6.10 Å². The number of nitrogens with two attached hydrogens (primary N) is 1. The number of aryl methyl sites for hydroxylation is 2. The molecule has 19 heavy (non-hydrogen) atoms. The molecule has 1 atom stereocenters. The summed E-state index contributed by atoms with van der Waals surface area (Å²) in [6.07, 6.45) is 4.04. The zero-order valence-corrected chi connectivity index (χ0v) is 12.3. The molecule has 1 heterocycles. The van der Waals surface area contributed by atoms with Crippen molar-refractivity contribution in [1.82, 2.24) is 4.98 Å². The number of hydrogen-bond acceptors (Lipinski definition) is 4. The van der Waals surface area contributed by atoms with Gasteiger partial charge in [0.15, 0.2) is 0 Å². The normalized spacial score (nSPS) is 15.7. The number of hydrogen-bond donors (Lipinski definition) is 2. The van der Waals surface area contributed by atoms with Gasteiger partial charge in [0.1, 0.15) is 10.8 Å². The molecule has 104 valence electrons. The Kier molecular flexibility index (Phi) is 4.37. The van der Waals surface area contributed by atoms with Gasteiger partial charge < -0.3 is 15.7 Å². The van der Waals surface area contributed by atoms with Gasteiger partial charge in [0.25, 0.3) is 0 Å². The number of rotatable bonds is 4. The number of aliphatic hydroxyl groups excluding tert-OH is 1. The van der Waals surface area contributed by atoms with Gasteiger partial charge in [-0.05, 0) is 44.2 Å². The van der Waals surface area contributed by atoms with Crippen LogP contribution >= 0.6 is 12.2 Å². The highest BCUT2D eigenvalue weighted by molar-refractivity contribution is 7.80. The topological polar surface area (TPSA) is 62.4 Å². The van der Waals surface area contributed by atoms with Gasteiger partial charge in [-0.3, -0.25) is 0 Å². The highest BCUT2D eigenvalue weighted by atomic mass is 32.1. The van der Waals surface area contributed by atoms with Crippen molar-refractivity contribution in [3.63, 3.8) is 0 Å². The second-order valence-corrected chi connectivity index (χ2v) is 5.71. The first-order valence-electron chi connectivity index (χ1n) is 6.71. The maximum absolute atomic E-state index is 9.52. The molecule has 0 spiro atoms. The molecule has 4 nitrogen and oxygen atoms in total. The van der Waals surface area contributed by atoms with Crippen LogP contribution in [-0.2, 0) is 12.8 Å². The third-order valence-corrected chi connectivity index (χ3v) is 3.67. The van der Waals surface area contributed by atoms with Crippen LogP contribution in [0.4, 0.5) is 5.82 Å². The zero-order chi connectivity index (χ0) is 14.0. The van der Waals surface area contributed by atoms with E-state index in [0.29, 0.717) is 11.5 Å². The number of thiocarbonyl (C=S) groups is 1. The lowest BCUT2D eigenvalue weighted by Crippen LogP contribution is -2.30. The fourth-order valence-electron chi connectivity index (χ4n) is 2.58. The Morgan fingerprint density at radius 1 is 1.53 bits per heavy atom. The lowest BCUT2D eigenvalue weighted by Gasteiger charge is -2.25. The van der Waals surface area contributed by atoms with Crippen LogP contribution in [0.3, 0.4) is 0 Å². The predicted octanol–water partition coefficient (Wildman–Crippen LogP) is 1.41. The molecular weight excluding hydrogens is 258 g/mol. The minimum Gasteiger partial charge on any atom is -0.392 e. The SMILES string of the molecule is CC(O)CN(C)c1nc2c(cc1C(N)=S)CCCC2. The Morgan fingerprint density at radius 2 is 2.21 bits per heavy atom. The van der Waals surface area contributed by atoms with Crippen molar-refractivity contribution in [3.8, 4) is 0 Å². The maximum atomic E-state index is 9.52. The molecule has 5 heteroatoms. The van der Waals surface area contributed by atoms with Crippen LogP contribution in [0.5, 0.6) is 0 Å². The number of likely N-dealkylation sites (N-methyl/N-ethyl adjacent to an activating group) is 1. The molecule has 0 aliphatic heterocycles. The minimum atomic E-state index is -0.415. The number of fused-ring (bicyclic) bond motifs is 1. The van der Waals surface area contributed by atoms with Gasteiger partial charge in [0.2, 0.25) is 0 Å². The van der Waals surface area contributed by atoms with Gasteiger partial charge in [0.05, 0.1) is 11.7 Å². The summed E-state index contributed by atoms with van der Waals surface area (Å²) >= 11 is 5.14. The van der Waals surface area contributed by atoms with Crippen molar-refractivity contribution in [2.75, 3.05) is 18.5 Å². The van der Waals surface area contributed by atoms with Gasteiger partial charge in [-0.25, -0.2) is 4.98 Å². The standard InChI is InChI=1S/C14H21N3OS/c1-9(18)8-17(2)14-11(13(15)19)7-10-5-3-4-6-12(10)16-14/h7,9,18H,3-6,8H2,1-2H3,(H2,15,19). The molecule has 0 fully saturated rings. The summed E-state index contributed by atoms with van der Waals surface area (Å²) in [4.78, 5) is 7.03. The first kappa shape index (κ1) is 14.2. The molecule has 0 amide bonds. The first-order valence-corrected chi connectivity index (χ1v) is 7.11. The van der Waals surface area contributed by atoms with Gasteiger partial charge in [-0.1, -0.05) is 12.2 Å². The molecule has 1 unspecified atom stereocenters. The van der Waals surface area contributed by atoms with Crippen LogP contribution in [0.25, 0.3) is 0 Å². The molecule has 0 bridgehead atoms. The molecule has 2 rings (SSSR count). The highest BCUT2D eigenvalue weighted by Gasteiger charge is 2.19. The fraction of sp³-hybridized carbons (Fsp3) is 0.571. The number of pyridine rings is 1. The Balaban J connectivity index is 2.42. The molecule has 0 saturated heterocycles. The van der Waals surface area contributed by atoms with Crippen LogP contribution in [0.2, 0.25) is 0 Å². The lowest BCUT2D eigenvalue weighted by atomic mass is 9.94. The largest absolute Gasteiger partial charge is 0.392 e. The number of aliphatic hydroxyl groups is 1. The van der Waals surface area contributed by atoms with E-state index in [0.717, 1.165) is 29.9 Å². The molecule has 0 radical (unpaired) electrons. The van der Waals surface area contributed by atoms with E-state index in [1.807, 2.05) is 11.9 Å². The summed E-state index contributed by atoms with van der Waals surface area (Å²) < 4.78 is 0. The summed E-state index contributed by atoms with van der Waals surface area (Å²) in [6.45, 7) is 2.27.